The Balaban J connectivity index is 1.81. The maximum atomic E-state index is 12.2. The maximum Gasteiger partial charge on any atom is 0.239 e. The van der Waals surface area contributed by atoms with E-state index in [2.05, 4.69) is 12.2 Å². The van der Waals surface area contributed by atoms with Crippen molar-refractivity contribution in [2.75, 3.05) is 26.2 Å². The summed E-state index contributed by atoms with van der Waals surface area (Å²) < 4.78 is 5.76. The van der Waals surface area contributed by atoms with Crippen LogP contribution in [0.3, 0.4) is 0 Å². The van der Waals surface area contributed by atoms with Crippen LogP contribution in [0.15, 0.2) is 0 Å². The predicted octanol–water partition coefficient (Wildman–Crippen LogP) is 1.16. The van der Waals surface area contributed by atoms with Crippen molar-refractivity contribution in [2.45, 2.75) is 51.2 Å². The van der Waals surface area contributed by atoms with E-state index in [0.717, 1.165) is 58.3 Å². The van der Waals surface area contributed by atoms with Crippen LogP contribution < -0.4 is 5.32 Å². The quantitative estimate of drug-likeness (QED) is 0.801. The fraction of sp³-hybridized carbons (Fsp3) is 0.923. The normalized spacial score (nSPS) is 29.6. The van der Waals surface area contributed by atoms with Crippen molar-refractivity contribution in [3.63, 3.8) is 0 Å². The van der Waals surface area contributed by atoms with Crippen LogP contribution in [0.25, 0.3) is 0 Å². The lowest BCUT2D eigenvalue weighted by atomic mass is 10.1. The highest BCUT2D eigenvalue weighted by Gasteiger charge is 2.30. The third kappa shape index (κ3) is 3.42. The number of hydrogen-bond donors (Lipinski definition) is 1. The van der Waals surface area contributed by atoms with Crippen molar-refractivity contribution in [3.8, 4) is 0 Å². The molecule has 4 heteroatoms. The summed E-state index contributed by atoms with van der Waals surface area (Å²) in [6, 6.07) is 0.0694. The molecule has 2 saturated heterocycles. The highest BCUT2D eigenvalue weighted by molar-refractivity contribution is 5.82. The second kappa shape index (κ2) is 6.36. The summed E-state index contributed by atoms with van der Waals surface area (Å²) in [5.74, 6) is 0.285. The Kier molecular flexibility index (Phi) is 4.80. The van der Waals surface area contributed by atoms with Crippen molar-refractivity contribution in [3.05, 3.63) is 0 Å². The molecule has 0 saturated carbocycles. The van der Waals surface area contributed by atoms with E-state index in [4.69, 9.17) is 4.74 Å². The van der Waals surface area contributed by atoms with Crippen LogP contribution in [0.2, 0.25) is 0 Å². The SMILES string of the molecule is CCCOC1CCCN(C(=O)[C@@H]2CCCN2)C1. The number of nitrogens with one attached hydrogen (secondary N) is 1. The van der Waals surface area contributed by atoms with Gasteiger partial charge in [-0.25, -0.2) is 0 Å². The zero-order valence-electron chi connectivity index (χ0n) is 10.8. The first-order chi connectivity index (χ1) is 8.31. The van der Waals surface area contributed by atoms with Crippen LogP contribution in [0.5, 0.6) is 0 Å². The molecule has 0 aliphatic carbocycles. The van der Waals surface area contributed by atoms with Crippen molar-refractivity contribution < 1.29 is 9.53 Å². The summed E-state index contributed by atoms with van der Waals surface area (Å²) >= 11 is 0. The number of carbonyl (C=O) groups excluding carboxylic acids is 1. The van der Waals surface area contributed by atoms with Gasteiger partial charge in [0, 0.05) is 19.7 Å². The number of amides is 1. The molecule has 2 rings (SSSR count). The summed E-state index contributed by atoms with van der Waals surface area (Å²) in [6.07, 6.45) is 5.60. The van der Waals surface area contributed by atoms with Crippen LogP contribution >= 0.6 is 0 Å². The van der Waals surface area contributed by atoms with Gasteiger partial charge in [-0.05, 0) is 38.6 Å². The van der Waals surface area contributed by atoms with Crippen LogP contribution in [-0.4, -0.2) is 49.2 Å². The zero-order valence-corrected chi connectivity index (χ0v) is 10.8. The minimum Gasteiger partial charge on any atom is -0.376 e. The molecule has 2 fully saturated rings. The molecule has 0 aromatic heterocycles. The van der Waals surface area contributed by atoms with E-state index in [1.807, 2.05) is 4.90 Å². The lowest BCUT2D eigenvalue weighted by molar-refractivity contribution is -0.137. The highest BCUT2D eigenvalue weighted by atomic mass is 16.5. The molecule has 2 aliphatic rings. The van der Waals surface area contributed by atoms with Crippen LogP contribution in [-0.2, 0) is 9.53 Å². The fourth-order valence-corrected chi connectivity index (χ4v) is 2.67. The van der Waals surface area contributed by atoms with E-state index >= 15 is 0 Å². The number of nitrogens with zero attached hydrogens (tertiary/aromatic N) is 1. The minimum absolute atomic E-state index is 0.0694. The average molecular weight is 240 g/mol. The molecule has 2 aliphatic heterocycles. The second-order valence-electron chi connectivity index (χ2n) is 5.07. The fourth-order valence-electron chi connectivity index (χ4n) is 2.67. The van der Waals surface area contributed by atoms with Gasteiger partial charge < -0.3 is 15.0 Å². The summed E-state index contributed by atoms with van der Waals surface area (Å²) in [4.78, 5) is 14.2. The third-order valence-corrected chi connectivity index (χ3v) is 3.61. The number of piperidine rings is 1. The molecular weight excluding hydrogens is 216 g/mol. The molecule has 0 bridgehead atoms. The molecule has 17 heavy (non-hydrogen) atoms. The monoisotopic (exact) mass is 240 g/mol. The Morgan fingerprint density at radius 1 is 1.41 bits per heavy atom. The summed E-state index contributed by atoms with van der Waals surface area (Å²) in [5.41, 5.74) is 0. The van der Waals surface area contributed by atoms with Gasteiger partial charge in [0.25, 0.3) is 0 Å². The van der Waals surface area contributed by atoms with Crippen molar-refractivity contribution >= 4 is 5.91 Å². The van der Waals surface area contributed by atoms with E-state index in [9.17, 15) is 4.79 Å². The van der Waals surface area contributed by atoms with Crippen LogP contribution in [0.4, 0.5) is 0 Å². The summed E-state index contributed by atoms with van der Waals surface area (Å²) in [7, 11) is 0. The van der Waals surface area contributed by atoms with E-state index < -0.39 is 0 Å². The van der Waals surface area contributed by atoms with Gasteiger partial charge >= 0.3 is 0 Å². The first-order valence-corrected chi connectivity index (χ1v) is 6.95. The van der Waals surface area contributed by atoms with Crippen LogP contribution in [0.1, 0.15) is 39.0 Å². The summed E-state index contributed by atoms with van der Waals surface area (Å²) in [5, 5.41) is 3.28. The zero-order chi connectivity index (χ0) is 12.1. The Morgan fingerprint density at radius 3 is 3.00 bits per heavy atom. The Hall–Kier alpha value is -0.610. The van der Waals surface area contributed by atoms with Crippen molar-refractivity contribution in [2.24, 2.45) is 0 Å². The molecule has 0 spiro atoms. The molecule has 2 atom stereocenters. The third-order valence-electron chi connectivity index (χ3n) is 3.61. The Bertz CT molecular complexity index is 252. The Labute approximate surface area is 104 Å². The lowest BCUT2D eigenvalue weighted by Crippen LogP contribution is -2.49. The topological polar surface area (TPSA) is 41.6 Å². The smallest absolute Gasteiger partial charge is 0.239 e. The molecule has 2 heterocycles. The molecular formula is C13H24N2O2. The van der Waals surface area contributed by atoms with E-state index in [-0.39, 0.29) is 18.1 Å². The first kappa shape index (κ1) is 12.8. The minimum atomic E-state index is 0.0694. The van der Waals surface area contributed by atoms with Gasteiger partial charge in [-0.15, -0.1) is 0 Å². The van der Waals surface area contributed by atoms with Gasteiger partial charge in [0.2, 0.25) is 5.91 Å². The molecule has 4 nitrogen and oxygen atoms in total. The van der Waals surface area contributed by atoms with Crippen molar-refractivity contribution in [1.29, 1.82) is 0 Å². The van der Waals surface area contributed by atoms with Crippen molar-refractivity contribution in [1.82, 2.24) is 10.2 Å². The standard InChI is InChI=1S/C13H24N2O2/c1-2-9-17-11-5-4-8-15(10-11)13(16)12-6-3-7-14-12/h11-12,14H,2-10H2,1H3/t11?,12-/m0/s1. The molecule has 1 amide bonds. The largest absolute Gasteiger partial charge is 0.376 e. The van der Waals surface area contributed by atoms with Gasteiger partial charge in [0.15, 0.2) is 0 Å². The summed E-state index contributed by atoms with van der Waals surface area (Å²) in [6.45, 7) is 5.61. The molecule has 1 N–H and O–H groups in total. The number of carbonyl (C=O) groups is 1. The van der Waals surface area contributed by atoms with Gasteiger partial charge in [-0.2, -0.15) is 0 Å². The van der Waals surface area contributed by atoms with Gasteiger partial charge in [-0.1, -0.05) is 6.92 Å². The van der Waals surface area contributed by atoms with E-state index in [1.165, 1.54) is 0 Å². The first-order valence-electron chi connectivity index (χ1n) is 6.95. The molecule has 0 radical (unpaired) electrons. The van der Waals surface area contributed by atoms with E-state index in [0.29, 0.717) is 0 Å². The number of rotatable bonds is 4. The molecule has 98 valence electrons. The maximum absolute atomic E-state index is 12.2. The average Bonchev–Trinajstić information content (AvgIpc) is 2.89. The highest BCUT2D eigenvalue weighted by Crippen LogP contribution is 2.16. The molecule has 0 aromatic rings. The predicted molar refractivity (Wildman–Crippen MR) is 66.9 cm³/mol. The van der Waals surface area contributed by atoms with E-state index in [1.54, 1.807) is 0 Å². The van der Waals surface area contributed by atoms with Gasteiger partial charge in [-0.3, -0.25) is 4.79 Å². The molecule has 0 aromatic carbocycles. The Morgan fingerprint density at radius 2 is 2.29 bits per heavy atom. The number of ether oxygens (including phenoxy) is 1. The number of hydrogen-bond acceptors (Lipinski definition) is 3. The molecule has 1 unspecified atom stereocenters. The van der Waals surface area contributed by atoms with Crippen LogP contribution in [0, 0.1) is 0 Å². The lowest BCUT2D eigenvalue weighted by Gasteiger charge is -2.34. The number of likely N-dealkylation sites (tertiary alicyclic amines) is 1. The second-order valence-corrected chi connectivity index (χ2v) is 5.07. The van der Waals surface area contributed by atoms with Gasteiger partial charge in [0.1, 0.15) is 0 Å². The van der Waals surface area contributed by atoms with Gasteiger partial charge in [0.05, 0.1) is 12.1 Å².